The predicted molar refractivity (Wildman–Crippen MR) is 178 cm³/mol. The molecule has 0 unspecified atom stereocenters. The van der Waals surface area contributed by atoms with Crippen LogP contribution in [0.5, 0.6) is 0 Å². The summed E-state index contributed by atoms with van der Waals surface area (Å²) in [5.41, 5.74) is 0. The minimum Gasteiger partial charge on any atom is -0.303 e. The van der Waals surface area contributed by atoms with Crippen molar-refractivity contribution >= 4 is 0 Å². The summed E-state index contributed by atoms with van der Waals surface area (Å²) in [5, 5.41) is 0. The van der Waals surface area contributed by atoms with Gasteiger partial charge in [-0.2, -0.15) is 0 Å². The van der Waals surface area contributed by atoms with E-state index < -0.39 is 0 Å². The minimum atomic E-state index is 1.33. The second-order valence-electron chi connectivity index (χ2n) is 12.0. The Morgan fingerprint density at radius 2 is 0.368 bits per heavy atom. The molecule has 0 N–H and O–H groups in total. The number of nitrogens with zero attached hydrogens (tertiary/aromatic N) is 2. The molecule has 0 aromatic carbocycles. The van der Waals surface area contributed by atoms with Crippen LogP contribution >= 0.6 is 0 Å². The van der Waals surface area contributed by atoms with Gasteiger partial charge >= 0.3 is 0 Å². The predicted octanol–water partition coefficient (Wildman–Crippen LogP) is 12.1. The van der Waals surface area contributed by atoms with Crippen LogP contribution in [0.15, 0.2) is 0 Å². The molecule has 0 aliphatic heterocycles. The van der Waals surface area contributed by atoms with Gasteiger partial charge < -0.3 is 9.80 Å². The fourth-order valence-corrected chi connectivity index (χ4v) is 5.24. The van der Waals surface area contributed by atoms with Crippen LogP contribution < -0.4 is 0 Å². The molecule has 0 amide bonds. The van der Waals surface area contributed by atoms with Crippen molar-refractivity contribution in [3.8, 4) is 0 Å². The van der Waals surface area contributed by atoms with Gasteiger partial charge in [-0.1, -0.05) is 157 Å². The molecule has 0 aliphatic carbocycles. The molecular formula is C36H78N2. The third-order valence-electron chi connectivity index (χ3n) is 7.97. The highest BCUT2D eigenvalue weighted by Crippen LogP contribution is 2.10. The number of hydrogen-bond acceptors (Lipinski definition) is 2. The zero-order valence-electron chi connectivity index (χ0n) is 28.1. The van der Waals surface area contributed by atoms with Crippen LogP contribution in [0.4, 0.5) is 0 Å². The zero-order valence-corrected chi connectivity index (χ0v) is 28.1. The maximum atomic E-state index is 2.77. The van der Waals surface area contributed by atoms with Crippen molar-refractivity contribution in [3.63, 3.8) is 0 Å². The molecule has 0 aromatic rings. The fourth-order valence-electron chi connectivity index (χ4n) is 5.24. The molecule has 0 saturated carbocycles. The maximum Gasteiger partial charge on any atom is -0.00187 e. The van der Waals surface area contributed by atoms with Crippen LogP contribution in [0.25, 0.3) is 0 Å². The Balaban J connectivity index is 0. The molecule has 0 rings (SSSR count). The van der Waals surface area contributed by atoms with Gasteiger partial charge in [-0.05, 0) is 77.8 Å². The standard InChI is InChI=1S/C21H45N.C15H33N/c1-4-7-10-13-16-19-22(20-17-14-11-8-5-2)21-18-15-12-9-6-3;1-4-7-10-13-16(14-11-8-5-2)15-12-9-6-3/h4-21H2,1-3H3;4-15H2,1-3H3. The first-order chi connectivity index (χ1) is 18.7. The normalized spacial score (nSPS) is 11.4. The smallest absolute Gasteiger partial charge is 0.00187 e. The molecular weight excluding hydrogens is 460 g/mol. The molecule has 232 valence electrons. The van der Waals surface area contributed by atoms with Gasteiger partial charge in [0.15, 0.2) is 0 Å². The Morgan fingerprint density at radius 1 is 0.211 bits per heavy atom. The van der Waals surface area contributed by atoms with Crippen molar-refractivity contribution in [1.29, 1.82) is 0 Å². The van der Waals surface area contributed by atoms with Crippen molar-refractivity contribution in [1.82, 2.24) is 9.80 Å². The molecule has 0 atom stereocenters. The molecule has 0 saturated heterocycles. The lowest BCUT2D eigenvalue weighted by molar-refractivity contribution is 0.254. The maximum absolute atomic E-state index is 2.77. The molecule has 0 spiro atoms. The second kappa shape index (κ2) is 36.9. The highest BCUT2D eigenvalue weighted by Gasteiger charge is 2.05. The van der Waals surface area contributed by atoms with E-state index in [2.05, 4.69) is 51.3 Å². The van der Waals surface area contributed by atoms with Crippen molar-refractivity contribution in [3.05, 3.63) is 0 Å². The summed E-state index contributed by atoms with van der Waals surface area (Å²) in [7, 11) is 0. The molecule has 0 radical (unpaired) electrons. The van der Waals surface area contributed by atoms with E-state index in [0.717, 1.165) is 0 Å². The van der Waals surface area contributed by atoms with Gasteiger partial charge in [0.2, 0.25) is 0 Å². The zero-order chi connectivity index (χ0) is 28.4. The lowest BCUT2D eigenvalue weighted by Gasteiger charge is -2.22. The van der Waals surface area contributed by atoms with Crippen LogP contribution in [0.2, 0.25) is 0 Å². The quantitative estimate of drug-likeness (QED) is 0.0839. The minimum absolute atomic E-state index is 1.33. The SMILES string of the molecule is CCCCCCCN(CCCCCCC)CCCCCCC.CCCCCN(CCCCC)CCCCC. The average Bonchev–Trinajstić information content (AvgIpc) is 2.92. The van der Waals surface area contributed by atoms with Crippen molar-refractivity contribution in [2.45, 2.75) is 196 Å². The van der Waals surface area contributed by atoms with Gasteiger partial charge in [-0.3, -0.25) is 0 Å². The van der Waals surface area contributed by atoms with Gasteiger partial charge in [0.05, 0.1) is 0 Å². The topological polar surface area (TPSA) is 6.48 Å². The van der Waals surface area contributed by atoms with Crippen molar-refractivity contribution in [2.24, 2.45) is 0 Å². The molecule has 0 bridgehead atoms. The monoisotopic (exact) mass is 539 g/mol. The van der Waals surface area contributed by atoms with E-state index >= 15 is 0 Å². The van der Waals surface area contributed by atoms with Gasteiger partial charge in [0, 0.05) is 0 Å². The molecule has 2 heteroatoms. The van der Waals surface area contributed by atoms with Gasteiger partial charge in [0.1, 0.15) is 0 Å². The summed E-state index contributed by atoms with van der Waals surface area (Å²) in [4.78, 5) is 5.46. The summed E-state index contributed by atoms with van der Waals surface area (Å²) < 4.78 is 0. The highest BCUT2D eigenvalue weighted by molar-refractivity contribution is 4.61. The van der Waals surface area contributed by atoms with Crippen LogP contribution in [0, 0.1) is 0 Å². The molecule has 38 heavy (non-hydrogen) atoms. The lowest BCUT2D eigenvalue weighted by atomic mass is 10.1. The van der Waals surface area contributed by atoms with E-state index in [1.165, 1.54) is 193 Å². The van der Waals surface area contributed by atoms with E-state index in [1.807, 2.05) is 0 Å². The first-order valence-corrected chi connectivity index (χ1v) is 18.1. The van der Waals surface area contributed by atoms with E-state index in [1.54, 1.807) is 0 Å². The van der Waals surface area contributed by atoms with Crippen LogP contribution in [-0.4, -0.2) is 49.1 Å². The molecule has 0 aromatic heterocycles. The summed E-state index contributed by atoms with van der Waals surface area (Å²) in [5.74, 6) is 0. The van der Waals surface area contributed by atoms with Crippen molar-refractivity contribution in [2.75, 3.05) is 39.3 Å². The first kappa shape index (κ1) is 40.1. The van der Waals surface area contributed by atoms with Crippen LogP contribution in [-0.2, 0) is 0 Å². The Kier molecular flexibility index (Phi) is 38.9. The highest BCUT2D eigenvalue weighted by atomic mass is 15.1. The van der Waals surface area contributed by atoms with Crippen LogP contribution in [0.3, 0.4) is 0 Å². The van der Waals surface area contributed by atoms with Crippen molar-refractivity contribution < 1.29 is 0 Å². The number of rotatable bonds is 30. The molecule has 0 fully saturated rings. The summed E-state index contributed by atoms with van der Waals surface area (Å²) in [6.45, 7) is 21.8. The Labute approximate surface area is 244 Å². The van der Waals surface area contributed by atoms with Gasteiger partial charge in [-0.25, -0.2) is 0 Å². The van der Waals surface area contributed by atoms with E-state index in [9.17, 15) is 0 Å². The average molecular weight is 539 g/mol. The third-order valence-corrected chi connectivity index (χ3v) is 7.97. The Morgan fingerprint density at radius 3 is 0.579 bits per heavy atom. The molecule has 0 heterocycles. The van der Waals surface area contributed by atoms with Gasteiger partial charge in [0.25, 0.3) is 0 Å². The van der Waals surface area contributed by atoms with Crippen LogP contribution in [0.1, 0.15) is 196 Å². The fraction of sp³-hybridized carbons (Fsp3) is 1.00. The second-order valence-corrected chi connectivity index (χ2v) is 12.0. The summed E-state index contributed by atoms with van der Waals surface area (Å²) >= 11 is 0. The van der Waals surface area contributed by atoms with E-state index in [4.69, 9.17) is 0 Å². The largest absolute Gasteiger partial charge is 0.303 e. The van der Waals surface area contributed by atoms with E-state index in [-0.39, 0.29) is 0 Å². The molecule has 2 nitrogen and oxygen atoms in total. The van der Waals surface area contributed by atoms with Gasteiger partial charge in [-0.15, -0.1) is 0 Å². The number of unbranched alkanes of at least 4 members (excludes halogenated alkanes) is 18. The van der Waals surface area contributed by atoms with E-state index in [0.29, 0.717) is 0 Å². The first-order valence-electron chi connectivity index (χ1n) is 18.1. The molecule has 0 aliphatic rings. The lowest BCUT2D eigenvalue weighted by Crippen LogP contribution is -2.27. The summed E-state index contributed by atoms with van der Waals surface area (Å²) in [6.07, 6.45) is 33.7. The number of hydrogen-bond donors (Lipinski definition) is 0. The summed E-state index contributed by atoms with van der Waals surface area (Å²) in [6, 6.07) is 0. The Bertz CT molecular complexity index is 326. The third kappa shape index (κ3) is 33.9. The Hall–Kier alpha value is -0.0800.